The van der Waals surface area contributed by atoms with Gasteiger partial charge in [0.25, 0.3) is 0 Å². The zero-order valence-electron chi connectivity index (χ0n) is 10.9. The van der Waals surface area contributed by atoms with Crippen molar-refractivity contribution in [1.82, 2.24) is 5.32 Å². The van der Waals surface area contributed by atoms with E-state index >= 15 is 0 Å². The van der Waals surface area contributed by atoms with E-state index in [1.165, 1.54) is 0 Å². The lowest BCUT2D eigenvalue weighted by molar-refractivity contribution is 0.0468. The summed E-state index contributed by atoms with van der Waals surface area (Å²) in [4.78, 5) is 11.6. The lowest BCUT2D eigenvalue weighted by Crippen LogP contribution is -2.47. The van der Waals surface area contributed by atoms with E-state index in [9.17, 15) is 9.90 Å². The number of carbonyl (C=O) groups excluding carboxylic acids is 1. The van der Waals surface area contributed by atoms with Crippen molar-refractivity contribution in [2.45, 2.75) is 57.7 Å². The van der Waals surface area contributed by atoms with Gasteiger partial charge in [0.2, 0.25) is 0 Å². The molecular formula is C12H24N2O3. The summed E-state index contributed by atoms with van der Waals surface area (Å²) in [6.07, 6.45) is 1.99. The first-order valence-corrected chi connectivity index (χ1v) is 6.18. The summed E-state index contributed by atoms with van der Waals surface area (Å²) in [5.41, 5.74) is 5.40. The molecule has 17 heavy (non-hydrogen) atoms. The van der Waals surface area contributed by atoms with Crippen molar-refractivity contribution in [3.63, 3.8) is 0 Å². The number of aliphatic hydroxyl groups is 1. The monoisotopic (exact) mass is 244 g/mol. The van der Waals surface area contributed by atoms with Crippen LogP contribution in [0.3, 0.4) is 0 Å². The summed E-state index contributed by atoms with van der Waals surface area (Å²) in [6, 6.07) is 0.0958. The number of alkyl carbamates (subject to hydrolysis) is 1. The van der Waals surface area contributed by atoms with Crippen molar-refractivity contribution >= 4 is 6.09 Å². The molecule has 3 unspecified atom stereocenters. The summed E-state index contributed by atoms with van der Waals surface area (Å²) in [6.45, 7) is 5.58. The normalized spacial score (nSPS) is 29.8. The first-order valence-electron chi connectivity index (χ1n) is 6.18. The zero-order valence-corrected chi connectivity index (χ0v) is 10.9. The fourth-order valence-corrected chi connectivity index (χ4v) is 2.10. The molecule has 0 saturated heterocycles. The standard InChI is InChI=1S/C12H24N2O3/c1-12(2,3)17-11(16)14-9-4-5-10(13)8(6-9)7-15/h8-10,15H,4-7,13H2,1-3H3,(H,14,16). The smallest absolute Gasteiger partial charge is 0.407 e. The topological polar surface area (TPSA) is 84.6 Å². The molecule has 0 aromatic rings. The quantitative estimate of drug-likeness (QED) is 0.676. The Balaban J connectivity index is 2.40. The second-order valence-electron chi connectivity index (χ2n) is 5.76. The van der Waals surface area contributed by atoms with Crippen LogP contribution in [-0.4, -0.2) is 35.5 Å². The van der Waals surface area contributed by atoms with E-state index in [1.54, 1.807) is 0 Å². The summed E-state index contributed by atoms with van der Waals surface area (Å²) >= 11 is 0. The average molecular weight is 244 g/mol. The Bertz CT molecular complexity index is 263. The summed E-state index contributed by atoms with van der Waals surface area (Å²) in [5, 5.41) is 12.0. The fraction of sp³-hybridized carbons (Fsp3) is 0.917. The first-order chi connectivity index (χ1) is 7.81. The number of hydrogen-bond acceptors (Lipinski definition) is 4. The number of hydrogen-bond donors (Lipinski definition) is 3. The van der Waals surface area contributed by atoms with Crippen LogP contribution in [0.15, 0.2) is 0 Å². The largest absolute Gasteiger partial charge is 0.444 e. The van der Waals surface area contributed by atoms with Crippen LogP contribution in [0, 0.1) is 5.92 Å². The van der Waals surface area contributed by atoms with Crippen molar-refractivity contribution in [3.05, 3.63) is 0 Å². The minimum atomic E-state index is -0.481. The Morgan fingerprint density at radius 2 is 2.12 bits per heavy atom. The Morgan fingerprint density at radius 1 is 1.47 bits per heavy atom. The van der Waals surface area contributed by atoms with Crippen molar-refractivity contribution in [1.29, 1.82) is 0 Å². The molecule has 1 saturated carbocycles. The van der Waals surface area contributed by atoms with Crippen molar-refractivity contribution in [3.8, 4) is 0 Å². The molecule has 1 amide bonds. The molecule has 0 bridgehead atoms. The van der Waals surface area contributed by atoms with Gasteiger partial charge in [-0.25, -0.2) is 4.79 Å². The highest BCUT2D eigenvalue weighted by Crippen LogP contribution is 2.23. The van der Waals surface area contributed by atoms with E-state index in [0.29, 0.717) is 0 Å². The summed E-state index contributed by atoms with van der Waals surface area (Å²) in [7, 11) is 0. The Kier molecular flexibility index (Phi) is 4.77. The van der Waals surface area contributed by atoms with Gasteiger partial charge in [0.05, 0.1) is 0 Å². The molecule has 3 atom stereocenters. The predicted octanol–water partition coefficient (Wildman–Crippen LogP) is 0.999. The molecule has 4 N–H and O–H groups in total. The molecule has 1 aliphatic carbocycles. The van der Waals surface area contributed by atoms with Gasteiger partial charge in [0.15, 0.2) is 0 Å². The third kappa shape index (κ3) is 4.91. The second kappa shape index (κ2) is 5.69. The van der Waals surface area contributed by atoms with Crippen LogP contribution in [-0.2, 0) is 4.74 Å². The molecule has 5 heteroatoms. The van der Waals surface area contributed by atoms with Gasteiger partial charge >= 0.3 is 6.09 Å². The number of aliphatic hydroxyl groups excluding tert-OH is 1. The van der Waals surface area contributed by atoms with Gasteiger partial charge in [0.1, 0.15) is 5.60 Å². The van der Waals surface area contributed by atoms with Crippen molar-refractivity contribution < 1.29 is 14.6 Å². The highest BCUT2D eigenvalue weighted by Gasteiger charge is 2.29. The highest BCUT2D eigenvalue weighted by molar-refractivity contribution is 5.68. The number of nitrogens with two attached hydrogens (primary N) is 1. The number of amides is 1. The third-order valence-electron chi connectivity index (χ3n) is 3.00. The van der Waals surface area contributed by atoms with E-state index in [1.807, 2.05) is 20.8 Å². The molecule has 1 rings (SSSR count). The number of rotatable bonds is 2. The lowest BCUT2D eigenvalue weighted by Gasteiger charge is -2.33. The number of ether oxygens (including phenoxy) is 1. The highest BCUT2D eigenvalue weighted by atomic mass is 16.6. The van der Waals surface area contributed by atoms with Crippen LogP contribution >= 0.6 is 0 Å². The van der Waals surface area contributed by atoms with E-state index in [0.717, 1.165) is 19.3 Å². The molecule has 0 aromatic carbocycles. The van der Waals surface area contributed by atoms with Crippen molar-refractivity contribution in [2.75, 3.05) is 6.61 Å². The molecule has 0 heterocycles. The van der Waals surface area contributed by atoms with E-state index in [-0.39, 0.29) is 24.6 Å². The Labute approximate surface area is 103 Å². The maximum atomic E-state index is 11.6. The molecule has 5 nitrogen and oxygen atoms in total. The Morgan fingerprint density at radius 3 is 2.65 bits per heavy atom. The fourth-order valence-electron chi connectivity index (χ4n) is 2.10. The number of nitrogens with one attached hydrogen (secondary N) is 1. The predicted molar refractivity (Wildman–Crippen MR) is 65.6 cm³/mol. The van der Waals surface area contributed by atoms with Crippen LogP contribution < -0.4 is 11.1 Å². The van der Waals surface area contributed by atoms with Gasteiger partial charge in [-0.15, -0.1) is 0 Å². The minimum absolute atomic E-state index is 0.0386. The van der Waals surface area contributed by atoms with Crippen molar-refractivity contribution in [2.24, 2.45) is 11.7 Å². The maximum Gasteiger partial charge on any atom is 0.407 e. The molecule has 1 aliphatic rings. The van der Waals surface area contributed by atoms with Gasteiger partial charge in [0, 0.05) is 18.7 Å². The van der Waals surface area contributed by atoms with Crippen LogP contribution in [0.1, 0.15) is 40.0 Å². The Hall–Kier alpha value is -0.810. The lowest BCUT2D eigenvalue weighted by atomic mass is 9.82. The third-order valence-corrected chi connectivity index (χ3v) is 3.00. The minimum Gasteiger partial charge on any atom is -0.444 e. The van der Waals surface area contributed by atoms with Gasteiger partial charge < -0.3 is 20.9 Å². The van der Waals surface area contributed by atoms with E-state index in [4.69, 9.17) is 10.5 Å². The molecule has 0 spiro atoms. The maximum absolute atomic E-state index is 11.6. The van der Waals surface area contributed by atoms with Gasteiger partial charge in [-0.1, -0.05) is 0 Å². The van der Waals surface area contributed by atoms with Gasteiger partial charge in [-0.3, -0.25) is 0 Å². The summed E-state index contributed by atoms with van der Waals surface area (Å²) in [5.74, 6) is 0.0729. The molecule has 1 fully saturated rings. The SMILES string of the molecule is CC(C)(C)OC(=O)NC1CCC(N)C(CO)C1. The van der Waals surface area contributed by atoms with Crippen LogP contribution in [0.25, 0.3) is 0 Å². The van der Waals surface area contributed by atoms with Crippen LogP contribution in [0.2, 0.25) is 0 Å². The molecule has 0 radical (unpaired) electrons. The first kappa shape index (κ1) is 14.3. The average Bonchev–Trinajstić information content (AvgIpc) is 2.18. The second-order valence-corrected chi connectivity index (χ2v) is 5.76. The molecule has 0 aliphatic heterocycles. The molecule has 0 aromatic heterocycles. The van der Waals surface area contributed by atoms with Crippen LogP contribution in [0.5, 0.6) is 0 Å². The molecular weight excluding hydrogens is 220 g/mol. The van der Waals surface area contributed by atoms with E-state index in [2.05, 4.69) is 5.32 Å². The van der Waals surface area contributed by atoms with Gasteiger partial charge in [-0.2, -0.15) is 0 Å². The zero-order chi connectivity index (χ0) is 13.1. The van der Waals surface area contributed by atoms with Gasteiger partial charge in [-0.05, 0) is 46.0 Å². The number of carbonyl (C=O) groups is 1. The summed E-state index contributed by atoms with van der Waals surface area (Å²) < 4.78 is 5.19. The van der Waals surface area contributed by atoms with Crippen LogP contribution in [0.4, 0.5) is 4.79 Å². The molecule has 100 valence electrons. The van der Waals surface area contributed by atoms with E-state index < -0.39 is 11.7 Å².